The van der Waals surface area contributed by atoms with Crippen LogP contribution in [0.1, 0.15) is 26.7 Å². The van der Waals surface area contributed by atoms with Gasteiger partial charge in [-0.3, -0.25) is 19.5 Å². The van der Waals surface area contributed by atoms with Gasteiger partial charge in [0, 0.05) is 10.8 Å². The average molecular weight is 277 g/mol. The van der Waals surface area contributed by atoms with Crippen molar-refractivity contribution in [2.45, 2.75) is 32.7 Å². The van der Waals surface area contributed by atoms with Gasteiger partial charge in [0.1, 0.15) is 0 Å². The molecule has 1 N–H and O–H groups in total. The number of hydrogen-bond donors (Lipinski definition) is 1. The van der Waals surface area contributed by atoms with Gasteiger partial charge in [0.2, 0.25) is 5.78 Å². The third kappa shape index (κ3) is 1.51. The number of fused-ring (bicyclic) bond motifs is 2. The van der Waals surface area contributed by atoms with E-state index >= 15 is 0 Å². The lowest BCUT2D eigenvalue weighted by Gasteiger charge is -2.34. The van der Waals surface area contributed by atoms with E-state index in [1.165, 1.54) is 0 Å². The molecule has 0 saturated heterocycles. The molecule has 2 bridgehead atoms. The fraction of sp³-hybridized carbons (Fsp3) is 0.900. The first-order valence-corrected chi connectivity index (χ1v) is 7.27. The van der Waals surface area contributed by atoms with Gasteiger partial charge in [-0.25, -0.2) is 0 Å². The van der Waals surface area contributed by atoms with Crippen molar-refractivity contribution >= 4 is 15.9 Å². The van der Waals surface area contributed by atoms with Crippen LogP contribution >= 0.6 is 0 Å². The number of nitrogens with zero attached hydrogens (tertiary/aromatic N) is 1. The van der Waals surface area contributed by atoms with E-state index in [9.17, 15) is 23.3 Å². The summed E-state index contributed by atoms with van der Waals surface area (Å²) in [7, 11) is -4.35. The summed E-state index contributed by atoms with van der Waals surface area (Å²) in [5, 5.41) is 11.0. The Kier molecular flexibility index (Phi) is 2.61. The predicted octanol–water partition coefficient (Wildman–Crippen LogP) is 0.525. The number of hydrogen-bond acceptors (Lipinski definition) is 5. The number of nitro groups is 1. The molecule has 7 nitrogen and oxygen atoms in total. The molecule has 0 aromatic carbocycles. The molecule has 2 saturated carbocycles. The Morgan fingerprint density at radius 1 is 1.50 bits per heavy atom. The number of rotatable bonds is 3. The SMILES string of the molecule is CC1(C)C2CCC1(CS(=O)(=O)O)C(=O)C2[N+](=O)[O-]. The maximum atomic E-state index is 12.2. The van der Waals surface area contributed by atoms with Crippen molar-refractivity contribution in [2.24, 2.45) is 16.7 Å². The summed E-state index contributed by atoms with van der Waals surface area (Å²) in [5.41, 5.74) is -2.10. The first-order valence-electron chi connectivity index (χ1n) is 5.66. The second-order valence-corrected chi connectivity index (χ2v) is 7.22. The molecule has 8 heteroatoms. The molecule has 2 fully saturated rings. The van der Waals surface area contributed by atoms with Crippen molar-refractivity contribution < 1.29 is 22.7 Å². The molecule has 102 valence electrons. The molecule has 2 aliphatic rings. The highest BCUT2D eigenvalue weighted by atomic mass is 32.2. The van der Waals surface area contributed by atoms with Gasteiger partial charge in [-0.15, -0.1) is 0 Å². The van der Waals surface area contributed by atoms with E-state index in [1.54, 1.807) is 13.8 Å². The first-order chi connectivity index (χ1) is 8.03. The fourth-order valence-corrected chi connectivity index (χ4v) is 5.06. The standard InChI is InChI=1S/C10H15NO6S/c1-9(2)6-3-4-10(9,5-18(15,16)17)8(12)7(6)11(13)14/h6-7H,3-5H2,1-2H3,(H,15,16,17). The lowest BCUT2D eigenvalue weighted by atomic mass is 9.70. The van der Waals surface area contributed by atoms with Gasteiger partial charge >= 0.3 is 0 Å². The molecule has 0 aromatic rings. The molecule has 0 spiro atoms. The highest BCUT2D eigenvalue weighted by Crippen LogP contribution is 2.64. The summed E-state index contributed by atoms with van der Waals surface area (Å²) in [6.07, 6.45) is 0.730. The van der Waals surface area contributed by atoms with Crippen LogP contribution in [-0.4, -0.2) is 35.5 Å². The molecule has 0 aliphatic heterocycles. The summed E-state index contributed by atoms with van der Waals surface area (Å²) in [6, 6.07) is -1.34. The number of carbonyl (C=O) groups is 1. The molecule has 0 amide bonds. The van der Waals surface area contributed by atoms with Gasteiger partial charge in [-0.2, -0.15) is 8.42 Å². The molecule has 0 radical (unpaired) electrons. The second kappa shape index (κ2) is 3.51. The van der Waals surface area contributed by atoms with E-state index in [-0.39, 0.29) is 6.42 Å². The molecule has 3 atom stereocenters. The molecule has 0 aromatic heterocycles. The van der Waals surface area contributed by atoms with E-state index in [0.717, 1.165) is 0 Å². The van der Waals surface area contributed by atoms with Crippen molar-refractivity contribution in [2.75, 3.05) is 5.75 Å². The minimum atomic E-state index is -4.35. The normalized spacial score (nSPS) is 38.1. The Bertz CT molecular complexity index is 524. The summed E-state index contributed by atoms with van der Waals surface area (Å²) in [4.78, 5) is 22.6. The molecular weight excluding hydrogens is 262 g/mol. The molecular formula is C10H15NO6S. The lowest BCUT2D eigenvalue weighted by molar-refractivity contribution is -0.516. The molecule has 3 unspecified atom stereocenters. The van der Waals surface area contributed by atoms with E-state index in [2.05, 4.69) is 0 Å². The molecule has 2 rings (SSSR count). The van der Waals surface area contributed by atoms with Gasteiger partial charge < -0.3 is 0 Å². The van der Waals surface area contributed by atoms with Crippen LogP contribution < -0.4 is 0 Å². The van der Waals surface area contributed by atoms with Crippen LogP contribution in [0.3, 0.4) is 0 Å². The summed E-state index contributed by atoms with van der Waals surface area (Å²) >= 11 is 0. The number of ketones is 1. The zero-order chi connectivity index (χ0) is 13.9. The zero-order valence-corrected chi connectivity index (χ0v) is 10.9. The van der Waals surface area contributed by atoms with Crippen LogP contribution in [0.25, 0.3) is 0 Å². The van der Waals surface area contributed by atoms with Crippen LogP contribution in [0.4, 0.5) is 0 Å². The highest BCUT2D eigenvalue weighted by molar-refractivity contribution is 7.85. The minimum Gasteiger partial charge on any atom is -0.291 e. The van der Waals surface area contributed by atoms with Crippen molar-refractivity contribution in [1.82, 2.24) is 0 Å². The van der Waals surface area contributed by atoms with Crippen LogP contribution in [-0.2, 0) is 14.9 Å². The van der Waals surface area contributed by atoms with Crippen LogP contribution in [0.15, 0.2) is 0 Å². The molecule has 18 heavy (non-hydrogen) atoms. The van der Waals surface area contributed by atoms with Gasteiger partial charge in [-0.1, -0.05) is 13.8 Å². The minimum absolute atomic E-state index is 0.285. The van der Waals surface area contributed by atoms with Gasteiger partial charge in [0.05, 0.1) is 11.2 Å². The quantitative estimate of drug-likeness (QED) is 0.457. The maximum Gasteiger partial charge on any atom is 0.274 e. The fourth-order valence-electron chi connectivity index (χ4n) is 3.78. The largest absolute Gasteiger partial charge is 0.291 e. The smallest absolute Gasteiger partial charge is 0.274 e. The number of carbonyl (C=O) groups excluding carboxylic acids is 1. The van der Waals surface area contributed by atoms with Crippen molar-refractivity contribution in [3.63, 3.8) is 0 Å². The van der Waals surface area contributed by atoms with Gasteiger partial charge in [-0.05, 0) is 18.3 Å². The topological polar surface area (TPSA) is 115 Å². The van der Waals surface area contributed by atoms with Gasteiger partial charge in [0.25, 0.3) is 16.2 Å². The Labute approximate surface area is 104 Å². The molecule has 2 aliphatic carbocycles. The van der Waals surface area contributed by atoms with Crippen molar-refractivity contribution in [3.05, 3.63) is 10.1 Å². The van der Waals surface area contributed by atoms with Crippen LogP contribution in [0, 0.1) is 26.9 Å². The Morgan fingerprint density at radius 2 is 2.06 bits per heavy atom. The van der Waals surface area contributed by atoms with Gasteiger partial charge in [0.15, 0.2) is 0 Å². The summed E-state index contributed by atoms with van der Waals surface area (Å²) < 4.78 is 31.2. The van der Waals surface area contributed by atoms with E-state index in [4.69, 9.17) is 4.55 Å². The van der Waals surface area contributed by atoms with Crippen molar-refractivity contribution in [3.8, 4) is 0 Å². The van der Waals surface area contributed by atoms with Crippen LogP contribution in [0.5, 0.6) is 0 Å². The lowest BCUT2D eigenvalue weighted by Crippen LogP contribution is -2.45. The summed E-state index contributed by atoms with van der Waals surface area (Å²) in [5.74, 6) is -1.82. The zero-order valence-electron chi connectivity index (χ0n) is 10.1. The molecule has 0 heterocycles. The second-order valence-electron chi connectivity index (χ2n) is 5.77. The first kappa shape index (κ1) is 13.4. The van der Waals surface area contributed by atoms with E-state index in [1.807, 2.05) is 0 Å². The third-order valence-corrected chi connectivity index (χ3v) is 5.68. The monoisotopic (exact) mass is 277 g/mol. The number of Topliss-reactive ketones (excluding diaryl/α,β-unsaturated/α-hetero) is 1. The van der Waals surface area contributed by atoms with E-state index in [0.29, 0.717) is 6.42 Å². The predicted molar refractivity (Wildman–Crippen MR) is 61.1 cm³/mol. The van der Waals surface area contributed by atoms with Crippen LogP contribution in [0.2, 0.25) is 0 Å². The Hall–Kier alpha value is -1.02. The third-order valence-electron chi connectivity index (χ3n) is 4.82. The highest BCUT2D eigenvalue weighted by Gasteiger charge is 2.74. The van der Waals surface area contributed by atoms with Crippen molar-refractivity contribution in [1.29, 1.82) is 0 Å². The van der Waals surface area contributed by atoms with E-state index < -0.39 is 49.4 Å². The summed E-state index contributed by atoms with van der Waals surface area (Å²) in [6.45, 7) is 3.36. The average Bonchev–Trinajstić information content (AvgIpc) is 2.47. The maximum absolute atomic E-state index is 12.2. The Morgan fingerprint density at radius 3 is 2.44 bits per heavy atom. The Balaban J connectivity index is 2.53.